The lowest BCUT2D eigenvalue weighted by Crippen LogP contribution is -2.44. The van der Waals surface area contributed by atoms with Crippen LogP contribution in [0.5, 0.6) is 5.75 Å². The maximum atomic E-state index is 12.6. The number of nitrogens with one attached hydrogen (secondary N) is 1. The SMILES string of the molecule is CN(C)c1ncccc1O[C@@H]1CCN(C(=O)[C@H]2CCC(=O)NC2)C1. The lowest BCUT2D eigenvalue weighted by atomic mass is 9.98. The Morgan fingerprint density at radius 1 is 1.42 bits per heavy atom. The van der Waals surface area contributed by atoms with Crippen molar-refractivity contribution in [3.05, 3.63) is 18.3 Å². The van der Waals surface area contributed by atoms with Crippen molar-refractivity contribution in [1.29, 1.82) is 0 Å². The first kappa shape index (κ1) is 16.5. The highest BCUT2D eigenvalue weighted by Crippen LogP contribution is 2.27. The van der Waals surface area contributed by atoms with Crippen molar-refractivity contribution in [2.24, 2.45) is 5.92 Å². The van der Waals surface area contributed by atoms with Crippen molar-refractivity contribution < 1.29 is 14.3 Å². The van der Waals surface area contributed by atoms with Crippen LogP contribution in [0.15, 0.2) is 18.3 Å². The van der Waals surface area contributed by atoms with Crippen LogP contribution >= 0.6 is 0 Å². The van der Waals surface area contributed by atoms with E-state index in [4.69, 9.17) is 4.74 Å². The summed E-state index contributed by atoms with van der Waals surface area (Å²) in [6.45, 7) is 1.74. The number of piperidine rings is 1. The molecule has 0 aliphatic carbocycles. The number of amides is 2. The molecule has 1 N–H and O–H groups in total. The molecule has 7 heteroatoms. The molecular weight excluding hydrogens is 308 g/mol. The van der Waals surface area contributed by atoms with Gasteiger partial charge in [-0.1, -0.05) is 0 Å². The van der Waals surface area contributed by atoms with Gasteiger partial charge in [-0.2, -0.15) is 0 Å². The Morgan fingerprint density at radius 2 is 2.25 bits per heavy atom. The second-order valence-electron chi connectivity index (χ2n) is 6.57. The zero-order valence-corrected chi connectivity index (χ0v) is 14.2. The Morgan fingerprint density at radius 3 is 2.96 bits per heavy atom. The molecule has 1 aromatic rings. The number of aromatic nitrogens is 1. The van der Waals surface area contributed by atoms with Crippen LogP contribution in [0.4, 0.5) is 5.82 Å². The smallest absolute Gasteiger partial charge is 0.227 e. The molecule has 2 aliphatic rings. The number of rotatable bonds is 4. The minimum Gasteiger partial charge on any atom is -0.485 e. The Hall–Kier alpha value is -2.31. The van der Waals surface area contributed by atoms with Crippen LogP contribution in [0.1, 0.15) is 19.3 Å². The van der Waals surface area contributed by atoms with E-state index >= 15 is 0 Å². The van der Waals surface area contributed by atoms with Gasteiger partial charge in [-0.3, -0.25) is 9.59 Å². The minimum absolute atomic E-state index is 0.0185. The van der Waals surface area contributed by atoms with Crippen molar-refractivity contribution in [3.63, 3.8) is 0 Å². The summed E-state index contributed by atoms with van der Waals surface area (Å²) in [5, 5.41) is 2.78. The van der Waals surface area contributed by atoms with Gasteiger partial charge in [-0.15, -0.1) is 0 Å². The van der Waals surface area contributed by atoms with Gasteiger partial charge >= 0.3 is 0 Å². The predicted molar refractivity (Wildman–Crippen MR) is 89.9 cm³/mol. The van der Waals surface area contributed by atoms with E-state index in [1.807, 2.05) is 36.0 Å². The fraction of sp³-hybridized carbons (Fsp3) is 0.588. The van der Waals surface area contributed by atoms with E-state index in [0.29, 0.717) is 32.5 Å². The Labute approximate surface area is 142 Å². The van der Waals surface area contributed by atoms with E-state index in [0.717, 1.165) is 18.0 Å². The molecule has 2 saturated heterocycles. The van der Waals surface area contributed by atoms with E-state index < -0.39 is 0 Å². The number of hydrogen-bond acceptors (Lipinski definition) is 5. The molecule has 7 nitrogen and oxygen atoms in total. The van der Waals surface area contributed by atoms with Crippen LogP contribution in [0.2, 0.25) is 0 Å². The highest BCUT2D eigenvalue weighted by molar-refractivity contribution is 5.84. The molecule has 2 aliphatic heterocycles. The van der Waals surface area contributed by atoms with Crippen LogP contribution < -0.4 is 15.0 Å². The first-order valence-corrected chi connectivity index (χ1v) is 8.39. The van der Waals surface area contributed by atoms with Gasteiger partial charge in [-0.05, 0) is 18.6 Å². The lowest BCUT2D eigenvalue weighted by molar-refractivity contribution is -0.136. The number of carbonyl (C=O) groups excluding carboxylic acids is 2. The van der Waals surface area contributed by atoms with Crippen LogP contribution in [-0.4, -0.2) is 61.5 Å². The first-order chi connectivity index (χ1) is 11.5. The molecule has 1 aromatic heterocycles. The van der Waals surface area contributed by atoms with Gasteiger partial charge in [0.2, 0.25) is 11.8 Å². The molecule has 0 saturated carbocycles. The summed E-state index contributed by atoms with van der Waals surface area (Å²) in [4.78, 5) is 31.9. The van der Waals surface area contributed by atoms with Crippen molar-refractivity contribution in [2.45, 2.75) is 25.4 Å². The van der Waals surface area contributed by atoms with E-state index in [-0.39, 0.29) is 23.8 Å². The van der Waals surface area contributed by atoms with Gasteiger partial charge in [0.25, 0.3) is 0 Å². The van der Waals surface area contributed by atoms with Crippen molar-refractivity contribution in [1.82, 2.24) is 15.2 Å². The summed E-state index contributed by atoms with van der Waals surface area (Å²) in [5.74, 6) is 1.59. The number of pyridine rings is 1. The number of likely N-dealkylation sites (tertiary alicyclic amines) is 1. The minimum atomic E-state index is -0.0998. The quantitative estimate of drug-likeness (QED) is 0.876. The third-order valence-corrected chi connectivity index (χ3v) is 4.54. The number of nitrogens with zero attached hydrogens (tertiary/aromatic N) is 3. The van der Waals surface area contributed by atoms with E-state index in [1.165, 1.54) is 0 Å². The first-order valence-electron chi connectivity index (χ1n) is 8.39. The zero-order valence-electron chi connectivity index (χ0n) is 14.2. The zero-order chi connectivity index (χ0) is 17.1. The normalized spacial score (nSPS) is 23.8. The van der Waals surface area contributed by atoms with E-state index in [1.54, 1.807) is 6.20 Å². The second-order valence-corrected chi connectivity index (χ2v) is 6.57. The third kappa shape index (κ3) is 3.60. The molecule has 24 heavy (non-hydrogen) atoms. The molecular formula is C17H24N4O3. The number of ether oxygens (including phenoxy) is 1. The predicted octanol–water partition coefficient (Wildman–Crippen LogP) is 0.654. The number of anilines is 1. The molecule has 3 rings (SSSR count). The lowest BCUT2D eigenvalue weighted by Gasteiger charge is -2.26. The topological polar surface area (TPSA) is 74.8 Å². The van der Waals surface area contributed by atoms with E-state index in [9.17, 15) is 9.59 Å². The van der Waals surface area contributed by atoms with Crippen LogP contribution in [0, 0.1) is 5.92 Å². The fourth-order valence-electron chi connectivity index (χ4n) is 3.22. The Bertz CT molecular complexity index is 610. The monoisotopic (exact) mass is 332 g/mol. The molecule has 3 heterocycles. The van der Waals surface area contributed by atoms with Crippen molar-refractivity contribution >= 4 is 17.6 Å². The third-order valence-electron chi connectivity index (χ3n) is 4.54. The number of carbonyl (C=O) groups is 2. The summed E-state index contributed by atoms with van der Waals surface area (Å²) in [6, 6.07) is 3.76. The van der Waals surface area contributed by atoms with Crippen LogP contribution in [0.3, 0.4) is 0 Å². The van der Waals surface area contributed by atoms with Gasteiger partial charge in [0, 0.05) is 46.2 Å². The van der Waals surface area contributed by atoms with E-state index in [2.05, 4.69) is 10.3 Å². The molecule has 2 fully saturated rings. The van der Waals surface area contributed by atoms with Gasteiger partial charge in [0.15, 0.2) is 11.6 Å². The maximum absolute atomic E-state index is 12.6. The molecule has 2 atom stereocenters. The summed E-state index contributed by atoms with van der Waals surface area (Å²) in [6.07, 6.45) is 3.61. The highest BCUT2D eigenvalue weighted by atomic mass is 16.5. The summed E-state index contributed by atoms with van der Waals surface area (Å²) in [5.41, 5.74) is 0. The highest BCUT2D eigenvalue weighted by Gasteiger charge is 2.33. The van der Waals surface area contributed by atoms with Gasteiger partial charge in [0.1, 0.15) is 6.10 Å². The fourth-order valence-corrected chi connectivity index (χ4v) is 3.22. The average molecular weight is 332 g/mol. The number of hydrogen-bond donors (Lipinski definition) is 1. The van der Waals surface area contributed by atoms with Gasteiger partial charge in [0.05, 0.1) is 12.5 Å². The molecule has 0 bridgehead atoms. The van der Waals surface area contributed by atoms with Crippen molar-refractivity contribution in [2.75, 3.05) is 38.6 Å². The molecule has 2 amide bonds. The van der Waals surface area contributed by atoms with Crippen LogP contribution in [-0.2, 0) is 9.59 Å². The largest absolute Gasteiger partial charge is 0.485 e. The van der Waals surface area contributed by atoms with Crippen LogP contribution in [0.25, 0.3) is 0 Å². The maximum Gasteiger partial charge on any atom is 0.227 e. The molecule has 0 radical (unpaired) electrons. The Kier molecular flexibility index (Phi) is 4.87. The molecule has 0 unspecified atom stereocenters. The standard InChI is InChI=1S/C17H24N4O3/c1-20(2)16-14(4-3-8-18-16)24-13-7-9-21(11-13)17(23)12-5-6-15(22)19-10-12/h3-4,8,12-13H,5-7,9-11H2,1-2H3,(H,19,22)/t12-,13+/m0/s1. The average Bonchev–Trinajstić information content (AvgIpc) is 3.04. The van der Waals surface area contributed by atoms with Gasteiger partial charge in [-0.25, -0.2) is 4.98 Å². The van der Waals surface area contributed by atoms with Gasteiger partial charge < -0.3 is 19.9 Å². The van der Waals surface area contributed by atoms with Crippen molar-refractivity contribution in [3.8, 4) is 5.75 Å². The Balaban J connectivity index is 1.58. The molecule has 0 aromatic carbocycles. The summed E-state index contributed by atoms with van der Waals surface area (Å²) < 4.78 is 6.08. The summed E-state index contributed by atoms with van der Waals surface area (Å²) >= 11 is 0. The second kappa shape index (κ2) is 7.07. The summed E-state index contributed by atoms with van der Waals surface area (Å²) in [7, 11) is 3.86. The molecule has 130 valence electrons. The molecule has 0 spiro atoms.